The number of anilines is 3. The van der Waals surface area contributed by atoms with Gasteiger partial charge in [0.1, 0.15) is 0 Å². The number of fused-ring (bicyclic) bond motifs is 18. The van der Waals surface area contributed by atoms with Crippen molar-refractivity contribution in [2.75, 3.05) is 4.90 Å². The van der Waals surface area contributed by atoms with E-state index in [1.54, 1.807) is 0 Å². The standard InChI is InChI=1S/C91H58N4/c1-3-27-59(28-4-1)65-41-26-52-86-89(65)72-39-13-22-49-83(72)94(86)81-47-20-11-37-70(81)71-38-12-21-48-82(71)95-84-50-23-14-40-73(84)90-74(60-29-5-2-6-30-60)55-62(57-88(90)95)61-53-54-78-87(56-61)93(64-32-25-31-63(58-64)92-79-45-18-9-35-68(79)69-36-10-19-46-80(69)92)85-51-24-17-44-77(85)91(78)75-42-15-7-33-66(75)67-34-8-16-43-76(67)91/h1-58H. The van der Waals surface area contributed by atoms with Crippen LogP contribution in [0.5, 0.6) is 0 Å². The van der Waals surface area contributed by atoms with Crippen LogP contribution < -0.4 is 4.90 Å². The first-order valence-corrected chi connectivity index (χ1v) is 32.9. The van der Waals surface area contributed by atoms with Gasteiger partial charge in [-0.15, -0.1) is 0 Å². The van der Waals surface area contributed by atoms with Crippen LogP contribution in [0.4, 0.5) is 17.1 Å². The highest BCUT2D eigenvalue weighted by Crippen LogP contribution is 2.64. The fraction of sp³-hybridized carbons (Fsp3) is 0.0110. The number of nitrogens with zero attached hydrogens (tertiary/aromatic N) is 4. The van der Waals surface area contributed by atoms with Crippen LogP contribution in [0.15, 0.2) is 352 Å². The van der Waals surface area contributed by atoms with E-state index in [0.717, 1.165) is 73.0 Å². The maximum absolute atomic E-state index is 2.56. The van der Waals surface area contributed by atoms with E-state index in [2.05, 4.69) is 370 Å². The molecule has 0 amide bonds. The Balaban J connectivity index is 0.839. The fourth-order valence-corrected chi connectivity index (χ4v) is 16.8. The summed E-state index contributed by atoms with van der Waals surface area (Å²) >= 11 is 0. The zero-order valence-corrected chi connectivity index (χ0v) is 51.8. The lowest BCUT2D eigenvalue weighted by Crippen LogP contribution is -2.36. The molecule has 15 aromatic carbocycles. The zero-order valence-electron chi connectivity index (χ0n) is 51.8. The van der Waals surface area contributed by atoms with Gasteiger partial charge in [0.25, 0.3) is 0 Å². The van der Waals surface area contributed by atoms with Crippen molar-refractivity contribution in [3.8, 4) is 72.7 Å². The Hall–Kier alpha value is -12.5. The average molecular weight is 1210 g/mol. The Kier molecular flexibility index (Phi) is 11.6. The minimum absolute atomic E-state index is 0.617. The van der Waals surface area contributed by atoms with Gasteiger partial charge >= 0.3 is 0 Å². The van der Waals surface area contributed by atoms with Crippen molar-refractivity contribution in [2.24, 2.45) is 0 Å². The predicted octanol–water partition coefficient (Wildman–Crippen LogP) is 23.8. The van der Waals surface area contributed by atoms with Crippen LogP contribution in [0.1, 0.15) is 22.3 Å². The molecule has 0 unspecified atom stereocenters. The molecule has 4 heterocycles. The number of aromatic nitrogens is 3. The molecule has 442 valence electrons. The van der Waals surface area contributed by atoms with Crippen LogP contribution in [0.2, 0.25) is 0 Å². The van der Waals surface area contributed by atoms with Crippen LogP contribution in [0, 0.1) is 0 Å². The van der Waals surface area contributed by atoms with Gasteiger partial charge in [0.2, 0.25) is 0 Å². The summed E-state index contributed by atoms with van der Waals surface area (Å²) in [6.07, 6.45) is 0. The summed E-state index contributed by atoms with van der Waals surface area (Å²) in [5.74, 6) is 0. The molecule has 1 aliphatic carbocycles. The van der Waals surface area contributed by atoms with E-state index in [9.17, 15) is 0 Å². The van der Waals surface area contributed by atoms with E-state index in [4.69, 9.17) is 0 Å². The zero-order chi connectivity index (χ0) is 62.3. The fourth-order valence-electron chi connectivity index (χ4n) is 16.8. The van der Waals surface area contributed by atoms with Gasteiger partial charge in [0.05, 0.1) is 61.3 Å². The monoisotopic (exact) mass is 1210 g/mol. The molecule has 4 nitrogen and oxygen atoms in total. The quantitative estimate of drug-likeness (QED) is 0.148. The third kappa shape index (κ3) is 7.65. The molecule has 4 heteroatoms. The molecule has 0 atom stereocenters. The molecule has 0 saturated carbocycles. The van der Waals surface area contributed by atoms with Crippen molar-refractivity contribution in [3.63, 3.8) is 0 Å². The summed E-state index contributed by atoms with van der Waals surface area (Å²) in [7, 11) is 0. The van der Waals surface area contributed by atoms with Crippen molar-refractivity contribution in [1.82, 2.24) is 13.7 Å². The topological polar surface area (TPSA) is 18.0 Å². The van der Waals surface area contributed by atoms with Crippen molar-refractivity contribution in [3.05, 3.63) is 374 Å². The highest BCUT2D eigenvalue weighted by atomic mass is 15.2. The molecule has 0 fully saturated rings. The summed E-state index contributed by atoms with van der Waals surface area (Å²) in [5.41, 5.74) is 30.0. The van der Waals surface area contributed by atoms with E-state index >= 15 is 0 Å². The number of hydrogen-bond acceptors (Lipinski definition) is 1. The highest BCUT2D eigenvalue weighted by molar-refractivity contribution is 6.19. The largest absolute Gasteiger partial charge is 0.310 e. The molecule has 0 N–H and O–H groups in total. The molecule has 0 radical (unpaired) electrons. The first-order chi connectivity index (χ1) is 47.2. The molecule has 1 aliphatic heterocycles. The summed E-state index contributed by atoms with van der Waals surface area (Å²) in [5, 5.41) is 7.36. The molecular formula is C91H58N4. The Bertz CT molecular complexity index is 6080. The molecule has 18 aromatic rings. The van der Waals surface area contributed by atoms with E-state index in [1.165, 1.54) is 104 Å². The summed E-state index contributed by atoms with van der Waals surface area (Å²) in [6.45, 7) is 0. The molecule has 3 aromatic heterocycles. The second kappa shape index (κ2) is 20.8. The van der Waals surface area contributed by atoms with Gasteiger partial charge in [0.15, 0.2) is 0 Å². The molecule has 95 heavy (non-hydrogen) atoms. The third-order valence-corrected chi connectivity index (χ3v) is 20.6. The van der Waals surface area contributed by atoms with E-state index in [-0.39, 0.29) is 0 Å². The average Bonchev–Trinajstić information content (AvgIpc) is 1.59. The lowest BCUT2D eigenvalue weighted by atomic mass is 9.64. The molecule has 0 saturated heterocycles. The normalized spacial score (nSPS) is 12.9. The number of rotatable bonds is 8. The van der Waals surface area contributed by atoms with Gasteiger partial charge in [-0.05, 0) is 152 Å². The van der Waals surface area contributed by atoms with Gasteiger partial charge < -0.3 is 18.6 Å². The van der Waals surface area contributed by atoms with Crippen molar-refractivity contribution >= 4 is 82.5 Å². The third-order valence-electron chi connectivity index (χ3n) is 20.6. The molecule has 2 aliphatic rings. The Morgan fingerprint density at radius 1 is 0.189 bits per heavy atom. The predicted molar refractivity (Wildman–Crippen MR) is 397 cm³/mol. The second-order valence-corrected chi connectivity index (χ2v) is 25.4. The molecule has 20 rings (SSSR count). The summed E-state index contributed by atoms with van der Waals surface area (Å²) < 4.78 is 7.48. The lowest BCUT2D eigenvalue weighted by molar-refractivity contribution is 0.753. The number of para-hydroxylation sites is 7. The van der Waals surface area contributed by atoms with Crippen LogP contribution in [-0.2, 0) is 5.41 Å². The number of hydrogen-bond donors (Lipinski definition) is 0. The van der Waals surface area contributed by atoms with Crippen LogP contribution in [-0.4, -0.2) is 13.7 Å². The minimum atomic E-state index is -0.617. The SMILES string of the molecule is c1ccc(-c2cccc3c2c2ccccc2n3-c2ccccc2-c2ccccc2-n2c3ccccc3c3c(-c4ccccc4)cc(-c4ccc5c(c4)N(c4cccc(-n6c7ccccc7c7ccccc76)c4)c4ccccc4C54c5ccccc5-c5ccccc54)cc32)cc1. The van der Waals surface area contributed by atoms with E-state index in [0.29, 0.717) is 0 Å². The highest BCUT2D eigenvalue weighted by Gasteiger charge is 2.51. The van der Waals surface area contributed by atoms with E-state index in [1.807, 2.05) is 0 Å². The summed E-state index contributed by atoms with van der Waals surface area (Å²) in [4.78, 5) is 2.56. The van der Waals surface area contributed by atoms with Crippen molar-refractivity contribution in [1.29, 1.82) is 0 Å². The van der Waals surface area contributed by atoms with Gasteiger partial charge in [-0.2, -0.15) is 0 Å². The Labute approximate surface area is 550 Å². The van der Waals surface area contributed by atoms with Gasteiger partial charge in [-0.25, -0.2) is 0 Å². The van der Waals surface area contributed by atoms with Gasteiger partial charge in [0, 0.05) is 54.8 Å². The molecule has 0 bridgehead atoms. The maximum atomic E-state index is 2.56. The molecule has 1 spiro atoms. The van der Waals surface area contributed by atoms with Crippen LogP contribution in [0.25, 0.3) is 138 Å². The first-order valence-electron chi connectivity index (χ1n) is 32.9. The first kappa shape index (κ1) is 53.2. The van der Waals surface area contributed by atoms with Gasteiger partial charge in [-0.1, -0.05) is 267 Å². The van der Waals surface area contributed by atoms with Crippen LogP contribution in [0.3, 0.4) is 0 Å². The minimum Gasteiger partial charge on any atom is -0.310 e. The number of benzene rings is 15. The van der Waals surface area contributed by atoms with Crippen LogP contribution >= 0.6 is 0 Å². The second-order valence-electron chi connectivity index (χ2n) is 25.4. The van der Waals surface area contributed by atoms with Gasteiger partial charge in [-0.3, -0.25) is 0 Å². The molecular weight excluding hydrogens is 1150 g/mol. The summed E-state index contributed by atoms with van der Waals surface area (Å²) in [6, 6.07) is 131. The smallest absolute Gasteiger partial charge is 0.0754 e. The Morgan fingerprint density at radius 2 is 0.611 bits per heavy atom. The van der Waals surface area contributed by atoms with Crippen molar-refractivity contribution in [2.45, 2.75) is 5.41 Å². The maximum Gasteiger partial charge on any atom is 0.0754 e. The van der Waals surface area contributed by atoms with Crippen molar-refractivity contribution < 1.29 is 0 Å². The lowest BCUT2D eigenvalue weighted by Gasteiger charge is -2.45. The van der Waals surface area contributed by atoms with E-state index < -0.39 is 5.41 Å². The Morgan fingerprint density at radius 3 is 1.22 bits per heavy atom.